The summed E-state index contributed by atoms with van der Waals surface area (Å²) < 4.78 is 8.73. The number of nitrogens with one attached hydrogen (secondary N) is 1. The summed E-state index contributed by atoms with van der Waals surface area (Å²) in [6, 6.07) is 19.7. The molecule has 266 valence electrons. The molecule has 12 nitrogen and oxygen atoms in total. The number of unbranched alkanes of at least 4 members (excludes halogenated alkanes) is 2. The van der Waals surface area contributed by atoms with Crippen LogP contribution >= 0.6 is 11.6 Å². The first-order valence-corrected chi connectivity index (χ1v) is 17.9. The maximum Gasteiger partial charge on any atom is 0.263 e. The van der Waals surface area contributed by atoms with E-state index >= 15 is 0 Å². The van der Waals surface area contributed by atoms with Crippen molar-refractivity contribution in [2.45, 2.75) is 32.4 Å². The van der Waals surface area contributed by atoms with Crippen molar-refractivity contribution in [3.05, 3.63) is 105 Å². The number of nitrogens with zero attached hydrogens (tertiary/aromatic N) is 7. The molecule has 6 aromatic rings. The molecule has 3 aromatic carbocycles. The molecule has 0 bridgehead atoms. The van der Waals surface area contributed by atoms with Crippen molar-refractivity contribution in [2.75, 3.05) is 51.7 Å². The van der Waals surface area contributed by atoms with Crippen LogP contribution in [0.15, 0.2) is 77.9 Å². The highest BCUT2D eigenvalue weighted by molar-refractivity contribution is 6.31. The molecule has 0 atom stereocenters. The Kier molecular flexibility index (Phi) is 11.0. The van der Waals surface area contributed by atoms with Gasteiger partial charge in [0.05, 0.1) is 36.0 Å². The number of phenolic OH excluding ortho intramolecular Hbond substituents is 1. The standard InChI is InChI=1S/C39H40ClN9O3/c40-31-11-5-4-9-29(31)24-48-33(25-49-38-35(37(41)43-26-44-38)36(46-49)28-13-15-30(50)16-14-28)45-32-12-7-10-27(34(32)39(48)51)8-3-1-2-6-17-42-18-19-47-20-22-52-23-21-47/h4-5,7,9-16,26,42,50H,1-2,6,17-25H2,(H2,41,43,44). The zero-order chi connectivity index (χ0) is 35.9. The number of aromatic nitrogens is 6. The third kappa shape index (κ3) is 7.93. The van der Waals surface area contributed by atoms with Gasteiger partial charge in [0, 0.05) is 48.7 Å². The number of hydrogen-bond acceptors (Lipinski definition) is 10. The van der Waals surface area contributed by atoms with Crippen molar-refractivity contribution in [3.63, 3.8) is 0 Å². The second-order valence-electron chi connectivity index (χ2n) is 12.7. The zero-order valence-electron chi connectivity index (χ0n) is 28.8. The van der Waals surface area contributed by atoms with Gasteiger partial charge in [-0.3, -0.25) is 14.3 Å². The summed E-state index contributed by atoms with van der Waals surface area (Å²) in [5.74, 6) is 7.42. The van der Waals surface area contributed by atoms with Crippen LogP contribution in [-0.4, -0.2) is 85.2 Å². The molecule has 1 saturated heterocycles. The third-order valence-corrected chi connectivity index (χ3v) is 9.55. The molecule has 52 heavy (non-hydrogen) atoms. The van der Waals surface area contributed by atoms with Crippen molar-refractivity contribution in [1.82, 2.24) is 39.5 Å². The third-order valence-electron chi connectivity index (χ3n) is 9.18. The van der Waals surface area contributed by atoms with E-state index in [0.29, 0.717) is 44.0 Å². The minimum Gasteiger partial charge on any atom is -0.508 e. The fraction of sp³-hybridized carbons (Fsp3) is 0.308. The van der Waals surface area contributed by atoms with Gasteiger partial charge in [0.2, 0.25) is 0 Å². The molecule has 4 N–H and O–H groups in total. The highest BCUT2D eigenvalue weighted by Gasteiger charge is 2.21. The molecular formula is C39H40ClN9O3. The van der Waals surface area contributed by atoms with Crippen molar-refractivity contribution >= 4 is 39.4 Å². The van der Waals surface area contributed by atoms with Crippen molar-refractivity contribution in [1.29, 1.82) is 0 Å². The van der Waals surface area contributed by atoms with Gasteiger partial charge >= 0.3 is 0 Å². The van der Waals surface area contributed by atoms with Gasteiger partial charge in [-0.15, -0.1) is 0 Å². The number of rotatable bonds is 12. The molecule has 0 unspecified atom stereocenters. The summed E-state index contributed by atoms with van der Waals surface area (Å²) in [6.45, 7) is 6.90. The highest BCUT2D eigenvalue weighted by Crippen LogP contribution is 2.31. The van der Waals surface area contributed by atoms with Crippen molar-refractivity contribution < 1.29 is 9.84 Å². The Bertz CT molecular complexity index is 2310. The average Bonchev–Trinajstić information content (AvgIpc) is 3.53. The minimum absolute atomic E-state index is 0.108. The van der Waals surface area contributed by atoms with Gasteiger partial charge in [-0.2, -0.15) is 5.10 Å². The molecule has 0 radical (unpaired) electrons. The first-order chi connectivity index (χ1) is 25.5. The number of ether oxygens (including phenoxy) is 1. The highest BCUT2D eigenvalue weighted by atomic mass is 35.5. The number of nitrogens with two attached hydrogens (primary N) is 1. The van der Waals surface area contributed by atoms with E-state index in [1.807, 2.05) is 36.4 Å². The Morgan fingerprint density at radius 3 is 2.60 bits per heavy atom. The van der Waals surface area contributed by atoms with Gasteiger partial charge in [-0.05, 0) is 67.4 Å². The van der Waals surface area contributed by atoms with Crippen LogP contribution in [0, 0.1) is 11.8 Å². The second-order valence-corrected chi connectivity index (χ2v) is 13.1. The van der Waals surface area contributed by atoms with Crippen LogP contribution in [0.5, 0.6) is 5.75 Å². The zero-order valence-corrected chi connectivity index (χ0v) is 29.5. The summed E-state index contributed by atoms with van der Waals surface area (Å²) in [6.07, 6.45) is 4.09. The first-order valence-electron chi connectivity index (χ1n) is 17.5. The Morgan fingerprint density at radius 2 is 1.77 bits per heavy atom. The van der Waals surface area contributed by atoms with Gasteiger partial charge in [0.25, 0.3) is 5.56 Å². The number of morpholine rings is 1. The Hall–Kier alpha value is -5.32. The van der Waals surface area contributed by atoms with Crippen LogP contribution in [0.2, 0.25) is 5.02 Å². The monoisotopic (exact) mass is 717 g/mol. The Balaban J connectivity index is 1.17. The Labute approximate surface area is 306 Å². The average molecular weight is 718 g/mol. The smallest absolute Gasteiger partial charge is 0.263 e. The summed E-state index contributed by atoms with van der Waals surface area (Å²) >= 11 is 6.60. The van der Waals surface area contributed by atoms with Crippen LogP contribution in [0.1, 0.15) is 36.2 Å². The number of benzene rings is 3. The largest absolute Gasteiger partial charge is 0.508 e. The molecule has 1 aliphatic heterocycles. The van der Waals surface area contributed by atoms with Gasteiger partial charge in [0.1, 0.15) is 36.0 Å². The summed E-state index contributed by atoms with van der Waals surface area (Å²) in [5, 5.41) is 19.9. The van der Waals surface area contributed by atoms with E-state index in [0.717, 1.165) is 76.3 Å². The molecule has 0 amide bonds. The van der Waals surface area contributed by atoms with Crippen LogP contribution < -0.4 is 16.6 Å². The van der Waals surface area contributed by atoms with Crippen molar-refractivity contribution in [2.24, 2.45) is 0 Å². The van der Waals surface area contributed by atoms with Crippen LogP contribution in [0.4, 0.5) is 5.82 Å². The summed E-state index contributed by atoms with van der Waals surface area (Å²) in [4.78, 5) is 30.7. The maximum atomic E-state index is 14.5. The van der Waals surface area contributed by atoms with E-state index in [1.54, 1.807) is 39.6 Å². The molecule has 13 heteroatoms. The molecule has 1 aliphatic rings. The lowest BCUT2D eigenvalue weighted by molar-refractivity contribution is 0.0384. The van der Waals surface area contributed by atoms with E-state index in [-0.39, 0.29) is 30.2 Å². The molecule has 0 saturated carbocycles. The number of halogens is 1. The van der Waals surface area contributed by atoms with E-state index in [4.69, 9.17) is 32.2 Å². The normalized spacial score (nSPS) is 13.4. The number of hydrogen-bond donors (Lipinski definition) is 3. The second kappa shape index (κ2) is 16.4. The molecule has 1 fully saturated rings. The predicted molar refractivity (Wildman–Crippen MR) is 203 cm³/mol. The summed E-state index contributed by atoms with van der Waals surface area (Å²) in [5.41, 5.74) is 9.84. The van der Waals surface area contributed by atoms with E-state index in [1.165, 1.54) is 6.33 Å². The number of phenols is 1. The number of nitrogen functional groups attached to an aromatic ring is 1. The van der Waals surface area contributed by atoms with E-state index in [9.17, 15) is 9.90 Å². The maximum absolute atomic E-state index is 14.5. The molecule has 4 heterocycles. The molecule has 0 aliphatic carbocycles. The van der Waals surface area contributed by atoms with Crippen LogP contribution in [-0.2, 0) is 17.8 Å². The van der Waals surface area contributed by atoms with E-state index < -0.39 is 0 Å². The quantitative estimate of drug-likeness (QED) is 0.120. The topological polar surface area (TPSA) is 149 Å². The lowest BCUT2D eigenvalue weighted by Gasteiger charge is -2.26. The predicted octanol–water partition coefficient (Wildman–Crippen LogP) is 4.68. The molecule has 7 rings (SSSR count). The van der Waals surface area contributed by atoms with Gasteiger partial charge in [-0.25, -0.2) is 19.6 Å². The fourth-order valence-electron chi connectivity index (χ4n) is 6.40. The number of aromatic hydroxyl groups is 1. The van der Waals surface area contributed by atoms with Crippen LogP contribution in [0.3, 0.4) is 0 Å². The van der Waals surface area contributed by atoms with Gasteiger partial charge in [-0.1, -0.05) is 47.7 Å². The Morgan fingerprint density at radius 1 is 0.942 bits per heavy atom. The van der Waals surface area contributed by atoms with E-state index in [2.05, 4.69) is 32.0 Å². The molecule has 0 spiro atoms. The van der Waals surface area contributed by atoms with Crippen molar-refractivity contribution in [3.8, 4) is 28.8 Å². The molecular weight excluding hydrogens is 678 g/mol. The number of anilines is 1. The van der Waals surface area contributed by atoms with Gasteiger partial charge in [0.15, 0.2) is 5.65 Å². The SMILES string of the molecule is Nc1ncnc2c1c(-c1ccc(O)cc1)nn2Cc1nc2cccc(C#CCCCCNCCN3CCOCC3)c2c(=O)n1Cc1ccccc1Cl. The lowest BCUT2D eigenvalue weighted by Crippen LogP contribution is -2.40. The molecule has 3 aromatic heterocycles. The number of fused-ring (bicyclic) bond motifs is 2. The summed E-state index contributed by atoms with van der Waals surface area (Å²) in [7, 11) is 0. The lowest BCUT2D eigenvalue weighted by atomic mass is 10.1. The fourth-order valence-corrected chi connectivity index (χ4v) is 6.59. The first kappa shape index (κ1) is 35.1. The minimum atomic E-state index is -0.223. The van der Waals surface area contributed by atoms with Gasteiger partial charge < -0.3 is 20.9 Å². The van der Waals surface area contributed by atoms with Crippen LogP contribution in [0.25, 0.3) is 33.2 Å².